The first-order chi connectivity index (χ1) is 20.3. The van der Waals surface area contributed by atoms with E-state index in [1.165, 1.54) is 4.90 Å². The summed E-state index contributed by atoms with van der Waals surface area (Å²) in [6.45, 7) is 1.54. The third-order valence-corrected chi connectivity index (χ3v) is 9.32. The monoisotopic (exact) mass is 578 g/mol. The van der Waals surface area contributed by atoms with Gasteiger partial charge in [-0.3, -0.25) is 19.3 Å². The highest BCUT2D eigenvalue weighted by Gasteiger charge is 2.61. The van der Waals surface area contributed by atoms with Gasteiger partial charge in [0.05, 0.1) is 34.3 Å². The van der Waals surface area contributed by atoms with Gasteiger partial charge in [0.1, 0.15) is 0 Å². The van der Waals surface area contributed by atoms with Crippen molar-refractivity contribution in [2.45, 2.75) is 32.3 Å². The molecule has 2 aliphatic carbocycles. The highest BCUT2D eigenvalue weighted by Crippen LogP contribution is 2.56. The number of fused-ring (bicyclic) bond motifs is 6. The lowest BCUT2D eigenvalue weighted by atomic mass is 9.81. The minimum atomic E-state index is -1.02. The highest BCUT2D eigenvalue weighted by atomic mass is 35.5. The molecule has 2 amide bonds. The summed E-state index contributed by atoms with van der Waals surface area (Å²) in [5, 5.41) is 1.11. The van der Waals surface area contributed by atoms with Crippen molar-refractivity contribution in [3.63, 3.8) is 0 Å². The molecule has 1 aliphatic heterocycles. The maximum atomic E-state index is 13.4. The minimum Gasteiger partial charge on any atom is -0.451 e. The Morgan fingerprint density at radius 1 is 0.905 bits per heavy atom. The molecule has 2 heterocycles. The van der Waals surface area contributed by atoms with Gasteiger partial charge in [0.25, 0.3) is 0 Å². The van der Waals surface area contributed by atoms with Gasteiger partial charge in [0, 0.05) is 21.5 Å². The molecule has 1 aromatic heterocycles. The lowest BCUT2D eigenvalue weighted by Gasteiger charge is -2.19. The predicted octanol–water partition coefficient (Wildman–Crippen LogP) is 6.52. The molecule has 2 bridgehead atoms. The summed E-state index contributed by atoms with van der Waals surface area (Å²) in [5.41, 5.74) is 3.06. The number of ether oxygens (including phenoxy) is 1. The molecule has 3 fully saturated rings. The Morgan fingerprint density at radius 2 is 1.55 bits per heavy atom. The van der Waals surface area contributed by atoms with Gasteiger partial charge in [0.2, 0.25) is 17.6 Å². The van der Waals surface area contributed by atoms with Crippen molar-refractivity contribution >= 4 is 51.8 Å². The number of imide groups is 1. The quantitative estimate of drug-likeness (QED) is 0.147. The van der Waals surface area contributed by atoms with E-state index in [2.05, 4.69) is 0 Å². The number of ketones is 1. The number of halogens is 1. The van der Waals surface area contributed by atoms with Crippen molar-refractivity contribution in [2.75, 3.05) is 4.90 Å². The zero-order valence-corrected chi connectivity index (χ0v) is 23.6. The standard InChI is InChI=1S/C34H27ClN2O5/c1-18(31(38)20-8-12-23(35)13-9-20)42-34(41)26-17-28(36-27-5-3-2-4-25(26)27)19-10-14-24(15-11-19)37-32(39)29-21-6-7-22(16-21)30(29)33(37)40/h2-5,8-15,17-18,21-22,29-30H,6-7,16H2,1H3. The van der Waals surface area contributed by atoms with Gasteiger partial charge in [-0.15, -0.1) is 0 Å². The van der Waals surface area contributed by atoms with Crippen molar-refractivity contribution in [3.05, 3.63) is 95.0 Å². The predicted molar refractivity (Wildman–Crippen MR) is 158 cm³/mol. The molecule has 0 N–H and O–H groups in total. The Kier molecular flexibility index (Phi) is 6.43. The first-order valence-corrected chi connectivity index (χ1v) is 14.6. The summed E-state index contributed by atoms with van der Waals surface area (Å²) >= 11 is 5.93. The second-order valence-corrected chi connectivity index (χ2v) is 11.9. The first kappa shape index (κ1) is 26.5. The number of hydrogen-bond donors (Lipinski definition) is 0. The molecule has 5 unspecified atom stereocenters. The molecule has 2 saturated carbocycles. The van der Waals surface area contributed by atoms with Gasteiger partial charge in [-0.1, -0.05) is 41.9 Å². The van der Waals surface area contributed by atoms with Crippen LogP contribution in [0.1, 0.15) is 46.9 Å². The lowest BCUT2D eigenvalue weighted by Crippen LogP contribution is -2.32. The van der Waals surface area contributed by atoms with E-state index in [1.54, 1.807) is 73.7 Å². The van der Waals surface area contributed by atoms with Gasteiger partial charge >= 0.3 is 5.97 Å². The van der Waals surface area contributed by atoms with Crippen LogP contribution in [0, 0.1) is 23.7 Å². The summed E-state index contributed by atoms with van der Waals surface area (Å²) in [6.07, 6.45) is 2.04. The summed E-state index contributed by atoms with van der Waals surface area (Å²) in [4.78, 5) is 58.9. The van der Waals surface area contributed by atoms with E-state index in [0.29, 0.717) is 50.3 Å². The van der Waals surface area contributed by atoms with Crippen molar-refractivity contribution in [2.24, 2.45) is 23.7 Å². The van der Waals surface area contributed by atoms with Gasteiger partial charge in [-0.05, 0) is 86.6 Å². The number of amides is 2. The molecule has 8 heteroatoms. The Hall–Kier alpha value is -4.36. The maximum absolute atomic E-state index is 13.4. The van der Waals surface area contributed by atoms with Crippen LogP contribution in [0.5, 0.6) is 0 Å². The number of pyridine rings is 1. The van der Waals surface area contributed by atoms with E-state index >= 15 is 0 Å². The zero-order chi connectivity index (χ0) is 29.1. The second kappa shape index (κ2) is 10.2. The maximum Gasteiger partial charge on any atom is 0.339 e. The van der Waals surface area contributed by atoms with Crippen LogP contribution < -0.4 is 4.90 Å². The van der Waals surface area contributed by atoms with Crippen molar-refractivity contribution < 1.29 is 23.9 Å². The van der Waals surface area contributed by atoms with E-state index in [-0.39, 0.29) is 35.0 Å². The van der Waals surface area contributed by atoms with Crippen LogP contribution in [-0.4, -0.2) is 34.7 Å². The van der Waals surface area contributed by atoms with E-state index in [1.807, 2.05) is 12.1 Å². The Bertz CT molecular complexity index is 1740. The fourth-order valence-electron chi connectivity index (χ4n) is 7.06. The average molecular weight is 579 g/mol. The molecule has 3 aliphatic rings. The number of carbonyl (C=O) groups excluding carboxylic acids is 4. The number of esters is 1. The normalized spacial score (nSPS) is 23.3. The van der Waals surface area contributed by atoms with Gasteiger partial charge in [-0.25, -0.2) is 9.78 Å². The third kappa shape index (κ3) is 4.31. The number of aromatic nitrogens is 1. The largest absolute Gasteiger partial charge is 0.451 e. The summed E-state index contributed by atoms with van der Waals surface area (Å²) < 4.78 is 5.62. The Morgan fingerprint density at radius 3 is 2.21 bits per heavy atom. The molecule has 0 spiro atoms. The summed E-state index contributed by atoms with van der Waals surface area (Å²) in [7, 11) is 0. The molecule has 0 radical (unpaired) electrons. The van der Waals surface area contributed by atoms with Crippen LogP contribution in [0.2, 0.25) is 5.02 Å². The number of carbonyl (C=O) groups is 4. The molecule has 4 aromatic rings. The molecular formula is C34H27ClN2O5. The van der Waals surface area contributed by atoms with Crippen molar-refractivity contribution in [3.8, 4) is 11.3 Å². The van der Waals surface area contributed by atoms with E-state index in [9.17, 15) is 19.2 Å². The smallest absolute Gasteiger partial charge is 0.339 e. The SMILES string of the molecule is CC(OC(=O)c1cc(-c2ccc(N3C(=O)C4C5CCC(C5)C4C3=O)cc2)nc2ccccc12)C(=O)c1ccc(Cl)cc1. The minimum absolute atomic E-state index is 0.0823. The van der Waals surface area contributed by atoms with Crippen LogP contribution in [-0.2, 0) is 14.3 Å². The van der Waals surface area contributed by atoms with E-state index in [0.717, 1.165) is 19.3 Å². The number of hydrogen-bond acceptors (Lipinski definition) is 6. The topological polar surface area (TPSA) is 93.6 Å². The number of nitrogens with zero attached hydrogens (tertiary/aromatic N) is 2. The molecule has 1 saturated heterocycles. The fraction of sp³-hybridized carbons (Fsp3) is 0.265. The number of Topliss-reactive ketones (excluding diaryl/α,β-unsaturated/α-hetero) is 1. The van der Waals surface area contributed by atoms with Crippen molar-refractivity contribution in [1.82, 2.24) is 4.98 Å². The van der Waals surface area contributed by atoms with Crippen LogP contribution in [0.25, 0.3) is 22.2 Å². The molecule has 7 nitrogen and oxygen atoms in total. The van der Waals surface area contributed by atoms with Gasteiger partial charge in [-0.2, -0.15) is 0 Å². The van der Waals surface area contributed by atoms with Crippen LogP contribution >= 0.6 is 11.6 Å². The number of para-hydroxylation sites is 1. The van der Waals surface area contributed by atoms with Crippen LogP contribution in [0.15, 0.2) is 78.9 Å². The molecule has 210 valence electrons. The van der Waals surface area contributed by atoms with E-state index < -0.39 is 12.1 Å². The molecule has 5 atom stereocenters. The van der Waals surface area contributed by atoms with Gasteiger partial charge < -0.3 is 4.74 Å². The fourth-order valence-corrected chi connectivity index (χ4v) is 7.19. The van der Waals surface area contributed by atoms with Crippen LogP contribution in [0.4, 0.5) is 5.69 Å². The number of anilines is 1. The second-order valence-electron chi connectivity index (χ2n) is 11.4. The highest BCUT2D eigenvalue weighted by molar-refractivity contribution is 6.30. The molecular weight excluding hydrogens is 552 g/mol. The Balaban J connectivity index is 1.16. The molecule has 7 rings (SSSR count). The first-order valence-electron chi connectivity index (χ1n) is 14.2. The summed E-state index contributed by atoms with van der Waals surface area (Å²) in [6, 6.07) is 22.4. The number of benzene rings is 3. The van der Waals surface area contributed by atoms with Crippen molar-refractivity contribution in [1.29, 1.82) is 0 Å². The molecule has 3 aromatic carbocycles. The number of rotatable bonds is 6. The zero-order valence-electron chi connectivity index (χ0n) is 22.8. The van der Waals surface area contributed by atoms with Gasteiger partial charge in [0.15, 0.2) is 6.10 Å². The van der Waals surface area contributed by atoms with E-state index in [4.69, 9.17) is 21.3 Å². The van der Waals surface area contributed by atoms with Crippen LogP contribution in [0.3, 0.4) is 0 Å². The Labute approximate surface area is 247 Å². The lowest BCUT2D eigenvalue weighted by molar-refractivity contribution is -0.123. The molecule has 42 heavy (non-hydrogen) atoms. The average Bonchev–Trinajstić information content (AvgIpc) is 3.70. The summed E-state index contributed by atoms with van der Waals surface area (Å²) in [5.74, 6) is -0.855. The third-order valence-electron chi connectivity index (χ3n) is 9.07.